The van der Waals surface area contributed by atoms with E-state index in [2.05, 4.69) is 65.1 Å². The number of aromatic nitrogens is 1. The van der Waals surface area contributed by atoms with E-state index in [1.807, 2.05) is 62.4 Å². The predicted molar refractivity (Wildman–Crippen MR) is 191 cm³/mol. The zero-order valence-electron chi connectivity index (χ0n) is 29.4. The Morgan fingerprint density at radius 3 is 2.15 bits per heavy atom. The molecule has 2 aromatic carbocycles. The first-order chi connectivity index (χ1) is 21.7. The molecule has 6 nitrogen and oxygen atoms in total. The monoisotopic (exact) mass is 628 g/mol. The van der Waals surface area contributed by atoms with Crippen molar-refractivity contribution < 1.29 is 19.7 Å². The number of hydrogen-bond donors (Lipinski definition) is 3. The summed E-state index contributed by atoms with van der Waals surface area (Å²) in [5.41, 5.74) is 6.15. The summed E-state index contributed by atoms with van der Waals surface area (Å²) >= 11 is 0. The normalized spacial score (nSPS) is 12.5. The maximum atomic E-state index is 11.8. The van der Waals surface area contributed by atoms with Gasteiger partial charge in [-0.15, -0.1) is 0 Å². The number of rotatable bonds is 16. The van der Waals surface area contributed by atoms with E-state index >= 15 is 0 Å². The summed E-state index contributed by atoms with van der Waals surface area (Å²) in [5.74, 6) is -0.284. The highest BCUT2D eigenvalue weighted by atomic mass is 16.5. The van der Waals surface area contributed by atoms with E-state index in [-0.39, 0.29) is 10.8 Å². The summed E-state index contributed by atoms with van der Waals surface area (Å²) in [6, 6.07) is 18.4. The van der Waals surface area contributed by atoms with Gasteiger partial charge in [0.2, 0.25) is 0 Å². The molecule has 0 aliphatic carbocycles. The van der Waals surface area contributed by atoms with Gasteiger partial charge in [0.05, 0.1) is 23.4 Å². The van der Waals surface area contributed by atoms with Crippen molar-refractivity contribution in [3.05, 3.63) is 88.2 Å². The average molecular weight is 629 g/mol. The Morgan fingerprint density at radius 2 is 1.54 bits per heavy atom. The van der Waals surface area contributed by atoms with Crippen LogP contribution in [-0.4, -0.2) is 34.3 Å². The summed E-state index contributed by atoms with van der Waals surface area (Å²) in [6.07, 6.45) is 8.79. The molecule has 1 aromatic heterocycles. The number of aliphatic carboxylic acids is 1. The van der Waals surface area contributed by atoms with E-state index in [0.29, 0.717) is 44.8 Å². The molecule has 0 aliphatic heterocycles. The molecule has 0 saturated heterocycles. The Kier molecular flexibility index (Phi) is 13.0. The fourth-order valence-electron chi connectivity index (χ4n) is 5.76. The molecule has 46 heavy (non-hydrogen) atoms. The topological polar surface area (TPSA) is 91.7 Å². The number of carboxylic acids is 1. The number of phenols is 1. The third-order valence-corrected chi connectivity index (χ3v) is 8.94. The molecular weight excluding hydrogens is 572 g/mol. The van der Waals surface area contributed by atoms with Gasteiger partial charge in [0.25, 0.3) is 0 Å². The number of phenolic OH excluding ortho intramolecular Hbond substituents is 1. The van der Waals surface area contributed by atoms with Gasteiger partial charge in [0.15, 0.2) is 0 Å². The minimum atomic E-state index is -0.717. The van der Waals surface area contributed by atoms with Gasteiger partial charge in [-0.3, -0.25) is 9.78 Å². The van der Waals surface area contributed by atoms with Crippen LogP contribution in [0.2, 0.25) is 0 Å². The van der Waals surface area contributed by atoms with Gasteiger partial charge in [-0.05, 0) is 102 Å². The van der Waals surface area contributed by atoms with Crippen LogP contribution in [0, 0.1) is 5.41 Å². The van der Waals surface area contributed by atoms with Crippen molar-refractivity contribution >= 4 is 23.8 Å². The maximum absolute atomic E-state index is 11.8. The first-order valence-electron chi connectivity index (χ1n) is 16.8. The number of nitrogens with zero attached hydrogens (tertiary/aromatic N) is 1. The smallest absolute Gasteiger partial charge is 0.309 e. The number of pyridine rings is 1. The number of ether oxygens (including phenoxy) is 1. The summed E-state index contributed by atoms with van der Waals surface area (Å²) in [5, 5.41) is 24.1. The lowest BCUT2D eigenvalue weighted by Crippen LogP contribution is -2.31. The highest BCUT2D eigenvalue weighted by Gasteiger charge is 2.34. The zero-order chi connectivity index (χ0) is 34.0. The largest absolute Gasteiger partial charge is 0.507 e. The van der Waals surface area contributed by atoms with Crippen LogP contribution in [0.3, 0.4) is 0 Å². The number of aryl methyl sites for hydroxylation is 1. The number of nitrogens with one attached hydrogen (secondary N) is 1. The van der Waals surface area contributed by atoms with Crippen molar-refractivity contribution in [3.63, 3.8) is 0 Å². The number of benzene rings is 2. The average Bonchev–Trinajstić information content (AvgIpc) is 3.00. The van der Waals surface area contributed by atoms with Crippen molar-refractivity contribution in [3.8, 4) is 5.75 Å². The standard InChI is InChI=1S/C40H56N2O4/c1-9-40(10-2,37(44)45)22-23-41-32-18-13-16-29(25-32)20-21-31-17-14-19-33(42-31)28-46-24-12-11-15-30-26-34(38(3,4)5)36(43)35(27-30)39(6,7)8/h13-14,16-21,25-27,41,43H,9-12,15,22-24,28H2,1-8H3,(H,44,45). The van der Waals surface area contributed by atoms with E-state index in [1.54, 1.807) is 0 Å². The molecule has 0 radical (unpaired) electrons. The quantitative estimate of drug-likeness (QED) is 0.137. The summed E-state index contributed by atoms with van der Waals surface area (Å²) < 4.78 is 5.99. The number of unbranched alkanes of at least 4 members (excludes halogenated alkanes) is 1. The molecule has 0 atom stereocenters. The molecule has 1 heterocycles. The molecule has 0 spiro atoms. The molecule has 3 rings (SSSR count). The first kappa shape index (κ1) is 36.8. The second kappa shape index (κ2) is 16.3. The Hall–Kier alpha value is -3.64. The molecule has 250 valence electrons. The number of aromatic hydroxyl groups is 1. The maximum Gasteiger partial charge on any atom is 0.309 e. The molecular formula is C40H56N2O4. The molecule has 0 fully saturated rings. The van der Waals surface area contributed by atoms with Crippen molar-refractivity contribution in [2.24, 2.45) is 5.41 Å². The van der Waals surface area contributed by atoms with Crippen LogP contribution in [0.25, 0.3) is 12.2 Å². The Balaban J connectivity index is 1.49. The number of anilines is 1. The summed E-state index contributed by atoms with van der Waals surface area (Å²) in [6.45, 7) is 18.5. The molecule has 3 aromatic rings. The Bertz CT molecular complexity index is 1420. The van der Waals surface area contributed by atoms with Crippen molar-refractivity contribution in [2.45, 2.75) is 111 Å². The third kappa shape index (κ3) is 10.4. The summed E-state index contributed by atoms with van der Waals surface area (Å²) in [7, 11) is 0. The zero-order valence-corrected chi connectivity index (χ0v) is 29.4. The van der Waals surface area contributed by atoms with Crippen LogP contribution < -0.4 is 5.32 Å². The highest BCUT2D eigenvalue weighted by molar-refractivity contribution is 5.74. The van der Waals surface area contributed by atoms with E-state index in [9.17, 15) is 15.0 Å². The number of carbonyl (C=O) groups is 1. The lowest BCUT2D eigenvalue weighted by molar-refractivity contribution is -0.149. The van der Waals surface area contributed by atoms with Gasteiger partial charge in [-0.2, -0.15) is 0 Å². The second-order valence-corrected chi connectivity index (χ2v) is 14.5. The fraction of sp³-hybridized carbons (Fsp3) is 0.500. The second-order valence-electron chi connectivity index (χ2n) is 14.5. The highest BCUT2D eigenvalue weighted by Crippen LogP contribution is 2.40. The van der Waals surface area contributed by atoms with Crippen molar-refractivity contribution in [1.29, 1.82) is 0 Å². The number of carboxylic acid groups (broad SMARTS) is 1. The van der Waals surface area contributed by atoms with Crippen molar-refractivity contribution in [1.82, 2.24) is 4.98 Å². The molecule has 0 aliphatic rings. The van der Waals surface area contributed by atoms with Crippen LogP contribution in [0.1, 0.15) is 121 Å². The van der Waals surface area contributed by atoms with Crippen LogP contribution in [0.4, 0.5) is 5.69 Å². The van der Waals surface area contributed by atoms with Crippen LogP contribution in [0.15, 0.2) is 54.6 Å². The first-order valence-corrected chi connectivity index (χ1v) is 16.8. The van der Waals surface area contributed by atoms with E-state index < -0.39 is 11.4 Å². The summed E-state index contributed by atoms with van der Waals surface area (Å²) in [4.78, 5) is 16.5. The predicted octanol–water partition coefficient (Wildman–Crippen LogP) is 9.79. The lowest BCUT2D eigenvalue weighted by atomic mass is 9.78. The van der Waals surface area contributed by atoms with Crippen LogP contribution in [-0.2, 0) is 33.4 Å². The fourth-order valence-corrected chi connectivity index (χ4v) is 5.76. The SMILES string of the molecule is CCC(CC)(CCNc1cccc(C=Cc2cccc(COCCCCc3cc(C(C)(C)C)c(O)c(C(C)(C)C)c3)n2)c1)C(=O)O. The van der Waals surface area contributed by atoms with Gasteiger partial charge in [-0.25, -0.2) is 0 Å². The van der Waals surface area contributed by atoms with Gasteiger partial charge in [-0.1, -0.05) is 91.8 Å². The lowest BCUT2D eigenvalue weighted by Gasteiger charge is -2.28. The third-order valence-electron chi connectivity index (χ3n) is 8.94. The van der Waals surface area contributed by atoms with Crippen molar-refractivity contribution in [2.75, 3.05) is 18.5 Å². The van der Waals surface area contributed by atoms with E-state index in [4.69, 9.17) is 9.72 Å². The van der Waals surface area contributed by atoms with Gasteiger partial charge in [0.1, 0.15) is 5.75 Å². The van der Waals surface area contributed by atoms with Gasteiger partial charge < -0.3 is 20.3 Å². The molecule has 0 saturated carbocycles. The van der Waals surface area contributed by atoms with E-state index in [1.165, 1.54) is 5.56 Å². The molecule has 6 heteroatoms. The molecule has 0 amide bonds. The van der Waals surface area contributed by atoms with E-state index in [0.717, 1.165) is 53.0 Å². The van der Waals surface area contributed by atoms with Crippen LogP contribution >= 0.6 is 0 Å². The molecule has 0 unspecified atom stereocenters. The molecule has 3 N–H and O–H groups in total. The Morgan fingerprint density at radius 1 is 0.891 bits per heavy atom. The van der Waals surface area contributed by atoms with Gasteiger partial charge in [0, 0.05) is 18.8 Å². The molecule has 0 bridgehead atoms. The number of hydrogen-bond acceptors (Lipinski definition) is 5. The van der Waals surface area contributed by atoms with Gasteiger partial charge >= 0.3 is 5.97 Å². The van der Waals surface area contributed by atoms with Crippen LogP contribution in [0.5, 0.6) is 5.75 Å². The Labute approximate surface area is 277 Å². The minimum absolute atomic E-state index is 0.122. The minimum Gasteiger partial charge on any atom is -0.507 e.